The van der Waals surface area contributed by atoms with Crippen LogP contribution in [0.5, 0.6) is 0 Å². The zero-order valence-electron chi connectivity index (χ0n) is 10.4. The molecule has 0 spiro atoms. The van der Waals surface area contributed by atoms with E-state index in [1.165, 1.54) is 12.1 Å². The van der Waals surface area contributed by atoms with Crippen LogP contribution < -0.4 is 11.1 Å². The number of nitriles is 1. The van der Waals surface area contributed by atoms with Gasteiger partial charge in [0.25, 0.3) is 0 Å². The number of rotatable bonds is 4. The van der Waals surface area contributed by atoms with E-state index in [2.05, 4.69) is 10.3 Å². The molecule has 7 heteroatoms. The van der Waals surface area contributed by atoms with E-state index in [9.17, 15) is 10.1 Å². The molecular formula is C13H11N5O2. The standard InChI is InChI=1S/C13H11N5O2/c14-8-7-9-1-3-10(4-2-9)16-13-11(18(19)20)5-6-12(15)17-13/h1-6H,7H2,(H3,15,16,17). The van der Waals surface area contributed by atoms with Gasteiger partial charge in [-0.15, -0.1) is 0 Å². The number of nitrogens with zero attached hydrogens (tertiary/aromatic N) is 3. The molecule has 20 heavy (non-hydrogen) atoms. The summed E-state index contributed by atoms with van der Waals surface area (Å²) in [5.41, 5.74) is 6.88. The minimum atomic E-state index is -0.529. The van der Waals surface area contributed by atoms with Gasteiger partial charge in [0.1, 0.15) is 5.82 Å². The molecule has 1 heterocycles. The van der Waals surface area contributed by atoms with Gasteiger partial charge in [-0.25, -0.2) is 4.98 Å². The van der Waals surface area contributed by atoms with E-state index < -0.39 is 4.92 Å². The van der Waals surface area contributed by atoms with Gasteiger partial charge in [0.05, 0.1) is 17.4 Å². The van der Waals surface area contributed by atoms with Crippen LogP contribution in [0.4, 0.5) is 23.0 Å². The van der Waals surface area contributed by atoms with Crippen molar-refractivity contribution in [3.05, 3.63) is 52.1 Å². The lowest BCUT2D eigenvalue weighted by Gasteiger charge is -2.07. The molecule has 100 valence electrons. The molecule has 0 atom stereocenters. The minimum Gasteiger partial charge on any atom is -0.384 e. The number of nitro groups is 1. The van der Waals surface area contributed by atoms with Crippen molar-refractivity contribution in [3.8, 4) is 6.07 Å². The predicted octanol–water partition coefficient (Wildman–Crippen LogP) is 2.38. The predicted molar refractivity (Wildman–Crippen MR) is 74.3 cm³/mol. The molecule has 0 saturated heterocycles. The van der Waals surface area contributed by atoms with Gasteiger partial charge in [0.2, 0.25) is 5.82 Å². The second-order valence-electron chi connectivity index (χ2n) is 4.02. The lowest BCUT2D eigenvalue weighted by Crippen LogP contribution is -2.02. The monoisotopic (exact) mass is 269 g/mol. The van der Waals surface area contributed by atoms with Gasteiger partial charge in [0, 0.05) is 11.8 Å². The number of nitrogens with one attached hydrogen (secondary N) is 1. The lowest BCUT2D eigenvalue weighted by molar-refractivity contribution is -0.384. The summed E-state index contributed by atoms with van der Waals surface area (Å²) in [7, 11) is 0. The summed E-state index contributed by atoms with van der Waals surface area (Å²) in [5, 5.41) is 22.3. The minimum absolute atomic E-state index is 0.0861. The quantitative estimate of drug-likeness (QED) is 0.649. The molecule has 0 fully saturated rings. The molecule has 1 aromatic heterocycles. The molecule has 0 unspecified atom stereocenters. The summed E-state index contributed by atoms with van der Waals surface area (Å²) in [5.74, 6) is 0.280. The van der Waals surface area contributed by atoms with Crippen LogP contribution >= 0.6 is 0 Å². The molecule has 0 amide bonds. The van der Waals surface area contributed by atoms with Gasteiger partial charge in [-0.05, 0) is 23.8 Å². The number of aromatic nitrogens is 1. The number of pyridine rings is 1. The second kappa shape index (κ2) is 5.67. The summed E-state index contributed by atoms with van der Waals surface area (Å²) in [6.07, 6.45) is 0.316. The maximum Gasteiger partial charge on any atom is 0.311 e. The Morgan fingerprint density at radius 3 is 2.60 bits per heavy atom. The molecule has 2 rings (SSSR count). The summed E-state index contributed by atoms with van der Waals surface area (Å²) in [6, 6.07) is 11.7. The number of nitrogens with two attached hydrogens (primary N) is 1. The van der Waals surface area contributed by atoms with Gasteiger partial charge < -0.3 is 11.1 Å². The highest BCUT2D eigenvalue weighted by Crippen LogP contribution is 2.26. The molecule has 0 aliphatic heterocycles. The van der Waals surface area contributed by atoms with Crippen LogP contribution in [-0.4, -0.2) is 9.91 Å². The SMILES string of the molecule is N#CCc1ccc(Nc2nc(N)ccc2[N+](=O)[O-])cc1. The molecule has 3 N–H and O–H groups in total. The highest BCUT2D eigenvalue weighted by atomic mass is 16.6. The van der Waals surface area contributed by atoms with Gasteiger partial charge >= 0.3 is 5.69 Å². The lowest BCUT2D eigenvalue weighted by atomic mass is 10.1. The van der Waals surface area contributed by atoms with Gasteiger partial charge in [-0.2, -0.15) is 5.26 Å². The van der Waals surface area contributed by atoms with Crippen LogP contribution in [0.25, 0.3) is 0 Å². The van der Waals surface area contributed by atoms with E-state index in [0.29, 0.717) is 12.1 Å². The molecule has 0 aliphatic rings. The fourth-order valence-electron chi connectivity index (χ4n) is 1.64. The third-order valence-electron chi connectivity index (χ3n) is 2.59. The van der Waals surface area contributed by atoms with E-state index >= 15 is 0 Å². The van der Waals surface area contributed by atoms with Crippen LogP contribution in [-0.2, 0) is 6.42 Å². The molecule has 2 aromatic rings. The second-order valence-corrected chi connectivity index (χ2v) is 4.02. The van der Waals surface area contributed by atoms with Crippen molar-refractivity contribution in [3.63, 3.8) is 0 Å². The first-order valence-corrected chi connectivity index (χ1v) is 5.74. The molecular weight excluding hydrogens is 258 g/mol. The zero-order chi connectivity index (χ0) is 14.5. The Kier molecular flexibility index (Phi) is 3.77. The van der Waals surface area contributed by atoms with Crippen molar-refractivity contribution >= 4 is 23.0 Å². The van der Waals surface area contributed by atoms with Gasteiger partial charge in [-0.1, -0.05) is 12.1 Å². The van der Waals surface area contributed by atoms with Crippen LogP contribution in [0.2, 0.25) is 0 Å². The van der Waals surface area contributed by atoms with E-state index in [-0.39, 0.29) is 17.3 Å². The number of hydrogen-bond donors (Lipinski definition) is 2. The Balaban J connectivity index is 2.27. The molecule has 0 bridgehead atoms. The first kappa shape index (κ1) is 13.3. The Bertz CT molecular complexity index is 676. The van der Waals surface area contributed by atoms with E-state index in [0.717, 1.165) is 5.56 Å². The summed E-state index contributed by atoms with van der Waals surface area (Å²) in [6.45, 7) is 0. The maximum absolute atomic E-state index is 10.9. The number of nitrogen functional groups attached to an aromatic ring is 1. The smallest absolute Gasteiger partial charge is 0.311 e. The molecule has 0 radical (unpaired) electrons. The summed E-state index contributed by atoms with van der Waals surface area (Å²) < 4.78 is 0. The van der Waals surface area contributed by atoms with Crippen molar-refractivity contribution < 1.29 is 4.92 Å². The Labute approximate surface area is 114 Å². The van der Waals surface area contributed by atoms with Crippen molar-refractivity contribution in [1.29, 1.82) is 5.26 Å². The first-order chi connectivity index (χ1) is 9.60. The average molecular weight is 269 g/mol. The Morgan fingerprint density at radius 2 is 2.00 bits per heavy atom. The largest absolute Gasteiger partial charge is 0.384 e. The van der Waals surface area contributed by atoms with Crippen LogP contribution in [0, 0.1) is 21.4 Å². The molecule has 1 aromatic carbocycles. The average Bonchev–Trinajstić information content (AvgIpc) is 2.41. The van der Waals surface area contributed by atoms with Crippen molar-refractivity contribution in [1.82, 2.24) is 4.98 Å². The van der Waals surface area contributed by atoms with Crippen LogP contribution in [0.3, 0.4) is 0 Å². The third-order valence-corrected chi connectivity index (χ3v) is 2.59. The summed E-state index contributed by atoms with van der Waals surface area (Å²) in [4.78, 5) is 14.3. The van der Waals surface area contributed by atoms with Crippen LogP contribution in [0.15, 0.2) is 36.4 Å². The zero-order valence-corrected chi connectivity index (χ0v) is 10.4. The molecule has 0 saturated carbocycles. The van der Waals surface area contributed by atoms with E-state index in [4.69, 9.17) is 11.0 Å². The first-order valence-electron chi connectivity index (χ1n) is 5.74. The molecule has 7 nitrogen and oxygen atoms in total. The van der Waals surface area contributed by atoms with Crippen LogP contribution in [0.1, 0.15) is 5.56 Å². The fourth-order valence-corrected chi connectivity index (χ4v) is 1.64. The van der Waals surface area contributed by atoms with E-state index in [1.54, 1.807) is 24.3 Å². The topological polar surface area (TPSA) is 118 Å². The van der Waals surface area contributed by atoms with Crippen molar-refractivity contribution in [2.45, 2.75) is 6.42 Å². The number of hydrogen-bond acceptors (Lipinski definition) is 6. The van der Waals surface area contributed by atoms with E-state index in [1.807, 2.05) is 6.07 Å². The Morgan fingerprint density at radius 1 is 1.30 bits per heavy atom. The fraction of sp³-hybridized carbons (Fsp3) is 0.0769. The van der Waals surface area contributed by atoms with Crippen molar-refractivity contribution in [2.75, 3.05) is 11.1 Å². The normalized spacial score (nSPS) is 9.75. The highest BCUT2D eigenvalue weighted by molar-refractivity contribution is 5.67. The van der Waals surface area contributed by atoms with Gasteiger partial charge in [-0.3, -0.25) is 10.1 Å². The highest BCUT2D eigenvalue weighted by Gasteiger charge is 2.15. The maximum atomic E-state index is 10.9. The third kappa shape index (κ3) is 3.00. The van der Waals surface area contributed by atoms with Gasteiger partial charge in [0.15, 0.2) is 0 Å². The molecule has 0 aliphatic carbocycles. The Hall–Kier alpha value is -3.14. The summed E-state index contributed by atoms with van der Waals surface area (Å²) >= 11 is 0. The number of anilines is 3. The number of benzene rings is 1. The van der Waals surface area contributed by atoms with Crippen molar-refractivity contribution in [2.24, 2.45) is 0 Å².